The number of ether oxygens (including phenoxy) is 1. The van der Waals surface area contributed by atoms with Crippen LogP contribution < -0.4 is 4.74 Å². The van der Waals surface area contributed by atoms with Crippen molar-refractivity contribution >= 4 is 32.2 Å². The summed E-state index contributed by atoms with van der Waals surface area (Å²) in [6.45, 7) is 7.43. The van der Waals surface area contributed by atoms with Gasteiger partial charge in [-0.05, 0) is 37.4 Å². The average Bonchev–Trinajstić information content (AvgIpc) is 3.13. The summed E-state index contributed by atoms with van der Waals surface area (Å²) < 4.78 is 8.62. The minimum absolute atomic E-state index is 0.431. The highest BCUT2D eigenvalue weighted by Gasteiger charge is 2.14. The molecule has 0 amide bonds. The zero-order valence-electron chi connectivity index (χ0n) is 13.1. The number of nitrogens with zero attached hydrogens (tertiary/aromatic N) is 5. The van der Waals surface area contributed by atoms with Crippen molar-refractivity contribution in [3.05, 3.63) is 39.6 Å². The summed E-state index contributed by atoms with van der Waals surface area (Å²) in [6, 6.07) is 7.76. The Labute approximate surface area is 147 Å². The molecule has 0 N–H and O–H groups in total. The standard InChI is InChI=1S/C15H18BrN5OS/c1-3-20(4-2)9-13-17-18-15-21(13)19-14(23-15)10-22-12-7-5-11(16)6-8-12/h5-8H,3-4,9-10H2,1-2H3. The van der Waals surface area contributed by atoms with E-state index in [1.165, 1.54) is 11.3 Å². The van der Waals surface area contributed by atoms with E-state index in [1.54, 1.807) is 0 Å². The number of rotatable bonds is 7. The Morgan fingerprint density at radius 2 is 1.91 bits per heavy atom. The average molecular weight is 396 g/mol. The normalized spacial score (nSPS) is 11.5. The van der Waals surface area contributed by atoms with E-state index in [0.29, 0.717) is 6.61 Å². The third-order valence-corrected chi connectivity index (χ3v) is 4.93. The minimum Gasteiger partial charge on any atom is -0.486 e. The van der Waals surface area contributed by atoms with Crippen molar-refractivity contribution < 1.29 is 4.74 Å². The smallest absolute Gasteiger partial charge is 0.234 e. The van der Waals surface area contributed by atoms with E-state index in [-0.39, 0.29) is 0 Å². The van der Waals surface area contributed by atoms with Gasteiger partial charge in [0.25, 0.3) is 0 Å². The largest absolute Gasteiger partial charge is 0.486 e. The van der Waals surface area contributed by atoms with Crippen LogP contribution in [0.15, 0.2) is 28.7 Å². The van der Waals surface area contributed by atoms with Crippen molar-refractivity contribution in [1.82, 2.24) is 24.7 Å². The highest BCUT2D eigenvalue weighted by Crippen LogP contribution is 2.20. The van der Waals surface area contributed by atoms with E-state index >= 15 is 0 Å². The summed E-state index contributed by atoms with van der Waals surface area (Å²) in [7, 11) is 0. The van der Waals surface area contributed by atoms with Crippen molar-refractivity contribution in [3.63, 3.8) is 0 Å². The number of halogens is 1. The highest BCUT2D eigenvalue weighted by atomic mass is 79.9. The summed E-state index contributed by atoms with van der Waals surface area (Å²) >= 11 is 4.92. The van der Waals surface area contributed by atoms with Crippen LogP contribution in [0.1, 0.15) is 24.7 Å². The molecule has 0 unspecified atom stereocenters. The molecular weight excluding hydrogens is 378 g/mol. The van der Waals surface area contributed by atoms with E-state index in [1.807, 2.05) is 28.8 Å². The van der Waals surface area contributed by atoms with Crippen molar-refractivity contribution in [2.24, 2.45) is 0 Å². The van der Waals surface area contributed by atoms with Crippen molar-refractivity contribution in [2.45, 2.75) is 27.0 Å². The minimum atomic E-state index is 0.431. The molecule has 3 aromatic rings. The Balaban J connectivity index is 1.70. The number of benzene rings is 1. The van der Waals surface area contributed by atoms with Gasteiger partial charge in [0.15, 0.2) is 10.8 Å². The van der Waals surface area contributed by atoms with Gasteiger partial charge in [-0.25, -0.2) is 0 Å². The molecule has 23 heavy (non-hydrogen) atoms. The summed E-state index contributed by atoms with van der Waals surface area (Å²) in [6.07, 6.45) is 0. The number of aromatic nitrogens is 4. The first kappa shape index (κ1) is 16.4. The van der Waals surface area contributed by atoms with E-state index < -0.39 is 0 Å². The zero-order valence-corrected chi connectivity index (χ0v) is 15.5. The molecule has 0 atom stereocenters. The summed E-state index contributed by atoms with van der Waals surface area (Å²) in [5, 5.41) is 13.9. The Morgan fingerprint density at radius 3 is 2.61 bits per heavy atom. The molecule has 122 valence electrons. The van der Waals surface area contributed by atoms with Crippen LogP contribution >= 0.6 is 27.3 Å². The highest BCUT2D eigenvalue weighted by molar-refractivity contribution is 9.10. The third kappa shape index (κ3) is 3.88. The number of hydrogen-bond donors (Lipinski definition) is 0. The lowest BCUT2D eigenvalue weighted by Gasteiger charge is -2.15. The SMILES string of the molecule is CCN(CC)Cc1nnc2sc(COc3ccc(Br)cc3)nn12. The maximum atomic E-state index is 5.76. The van der Waals surface area contributed by atoms with Crippen LogP contribution in [0.5, 0.6) is 5.75 Å². The van der Waals surface area contributed by atoms with Gasteiger partial charge in [-0.1, -0.05) is 41.1 Å². The van der Waals surface area contributed by atoms with Gasteiger partial charge in [0.1, 0.15) is 12.4 Å². The molecule has 0 aliphatic carbocycles. The molecule has 0 saturated carbocycles. The molecule has 2 heterocycles. The molecule has 0 radical (unpaired) electrons. The fourth-order valence-electron chi connectivity index (χ4n) is 2.18. The van der Waals surface area contributed by atoms with Crippen LogP contribution in [0.25, 0.3) is 4.96 Å². The summed E-state index contributed by atoms with van der Waals surface area (Å²) in [5.74, 6) is 1.69. The lowest BCUT2D eigenvalue weighted by atomic mass is 10.3. The molecule has 0 aliphatic rings. The van der Waals surface area contributed by atoms with Gasteiger partial charge >= 0.3 is 0 Å². The van der Waals surface area contributed by atoms with Crippen LogP contribution in [0.4, 0.5) is 0 Å². The van der Waals surface area contributed by atoms with Gasteiger partial charge in [0.05, 0.1) is 6.54 Å². The third-order valence-electron chi connectivity index (χ3n) is 3.53. The van der Waals surface area contributed by atoms with Gasteiger partial charge < -0.3 is 4.74 Å². The first-order valence-corrected chi connectivity index (χ1v) is 9.11. The van der Waals surface area contributed by atoms with Crippen LogP contribution in [-0.2, 0) is 13.2 Å². The van der Waals surface area contributed by atoms with Crippen molar-refractivity contribution in [2.75, 3.05) is 13.1 Å². The molecular formula is C15H18BrN5OS. The lowest BCUT2D eigenvalue weighted by Crippen LogP contribution is -2.23. The quantitative estimate of drug-likeness (QED) is 0.613. The predicted molar refractivity (Wildman–Crippen MR) is 93.8 cm³/mol. The first-order chi connectivity index (χ1) is 11.2. The Bertz CT molecular complexity index is 766. The van der Waals surface area contributed by atoms with Gasteiger partial charge in [0.2, 0.25) is 4.96 Å². The van der Waals surface area contributed by atoms with Gasteiger partial charge in [-0.15, -0.1) is 10.2 Å². The fourth-order valence-corrected chi connectivity index (χ4v) is 3.21. The Kier molecular flexibility index (Phi) is 5.24. The second-order valence-electron chi connectivity index (χ2n) is 5.01. The number of hydrogen-bond acceptors (Lipinski definition) is 6. The molecule has 0 bridgehead atoms. The van der Waals surface area contributed by atoms with Crippen LogP contribution in [0.2, 0.25) is 0 Å². The van der Waals surface area contributed by atoms with Crippen LogP contribution in [0.3, 0.4) is 0 Å². The zero-order chi connectivity index (χ0) is 16.2. The van der Waals surface area contributed by atoms with Gasteiger partial charge in [0, 0.05) is 4.47 Å². The lowest BCUT2D eigenvalue weighted by molar-refractivity contribution is 0.284. The van der Waals surface area contributed by atoms with E-state index in [9.17, 15) is 0 Å². The second-order valence-corrected chi connectivity index (χ2v) is 6.97. The Hall–Kier alpha value is -1.51. The Morgan fingerprint density at radius 1 is 1.17 bits per heavy atom. The second kappa shape index (κ2) is 7.37. The molecule has 0 spiro atoms. The molecule has 1 aromatic carbocycles. The monoisotopic (exact) mass is 395 g/mol. The van der Waals surface area contributed by atoms with Crippen LogP contribution in [0, 0.1) is 0 Å². The molecule has 0 saturated heterocycles. The molecule has 6 nitrogen and oxygen atoms in total. The van der Waals surface area contributed by atoms with Crippen molar-refractivity contribution in [1.29, 1.82) is 0 Å². The topological polar surface area (TPSA) is 55.5 Å². The molecule has 3 rings (SSSR count). The number of fused-ring (bicyclic) bond motifs is 1. The summed E-state index contributed by atoms with van der Waals surface area (Å²) in [4.78, 5) is 3.09. The van der Waals surface area contributed by atoms with Gasteiger partial charge in [-0.2, -0.15) is 9.61 Å². The molecule has 2 aromatic heterocycles. The molecule has 0 aliphatic heterocycles. The van der Waals surface area contributed by atoms with E-state index in [2.05, 4.69) is 50.0 Å². The van der Waals surface area contributed by atoms with Crippen LogP contribution in [-0.4, -0.2) is 37.8 Å². The molecule has 8 heteroatoms. The van der Waals surface area contributed by atoms with E-state index in [4.69, 9.17) is 4.74 Å². The van der Waals surface area contributed by atoms with Gasteiger partial charge in [-0.3, -0.25) is 4.90 Å². The maximum Gasteiger partial charge on any atom is 0.234 e. The van der Waals surface area contributed by atoms with E-state index in [0.717, 1.165) is 45.6 Å². The fraction of sp³-hybridized carbons (Fsp3) is 0.400. The summed E-state index contributed by atoms with van der Waals surface area (Å²) in [5.41, 5.74) is 0. The molecule has 0 fully saturated rings. The first-order valence-electron chi connectivity index (χ1n) is 7.50. The maximum absolute atomic E-state index is 5.76. The van der Waals surface area contributed by atoms with Crippen molar-refractivity contribution in [3.8, 4) is 5.75 Å². The predicted octanol–water partition coefficient (Wildman–Crippen LogP) is 3.37.